The predicted molar refractivity (Wildman–Crippen MR) is 74.3 cm³/mol. The van der Waals surface area contributed by atoms with Crippen LogP contribution in [0.3, 0.4) is 0 Å². The molecule has 0 radical (unpaired) electrons. The molecule has 6 nitrogen and oxygen atoms in total. The molecule has 2 amide bonds. The number of aryl methyl sites for hydroxylation is 1. The average Bonchev–Trinajstić information content (AvgIpc) is 2.94. The van der Waals surface area contributed by atoms with E-state index in [9.17, 15) is 9.90 Å². The summed E-state index contributed by atoms with van der Waals surface area (Å²) in [4.78, 5) is 15.0. The number of likely N-dealkylation sites (N-methyl/N-ethyl adjacent to an activating group) is 1. The third-order valence-electron chi connectivity index (χ3n) is 3.20. The molecule has 2 rings (SSSR count). The molecule has 0 bridgehead atoms. The van der Waals surface area contributed by atoms with E-state index < -0.39 is 6.23 Å². The predicted octanol–water partition coefficient (Wildman–Crippen LogP) is 1.85. The molecule has 1 unspecified atom stereocenters. The summed E-state index contributed by atoms with van der Waals surface area (Å²) in [5, 5.41) is 19.5. The van der Waals surface area contributed by atoms with Gasteiger partial charge in [0.2, 0.25) is 5.13 Å². The average molecular weight is 284 g/mol. The van der Waals surface area contributed by atoms with E-state index in [4.69, 9.17) is 0 Å². The van der Waals surface area contributed by atoms with E-state index in [0.717, 1.165) is 17.8 Å². The van der Waals surface area contributed by atoms with Crippen LogP contribution in [0.25, 0.3) is 0 Å². The number of hydrogen-bond donors (Lipinski definition) is 1. The van der Waals surface area contributed by atoms with Gasteiger partial charge in [-0.05, 0) is 13.3 Å². The maximum absolute atomic E-state index is 12.0. The van der Waals surface area contributed by atoms with Gasteiger partial charge in [0, 0.05) is 13.0 Å². The minimum atomic E-state index is -0.816. The summed E-state index contributed by atoms with van der Waals surface area (Å²) in [6.45, 7) is 4.98. The van der Waals surface area contributed by atoms with Crippen molar-refractivity contribution < 1.29 is 9.90 Å². The number of amides is 2. The number of β-amino-alcohol motifs (C(OH)–C–C–N with tert-alkyl or cyclic N) is 1. The molecule has 106 valence electrons. The molecule has 19 heavy (non-hydrogen) atoms. The van der Waals surface area contributed by atoms with Crippen LogP contribution in [0.5, 0.6) is 0 Å². The van der Waals surface area contributed by atoms with Gasteiger partial charge in [-0.15, -0.1) is 10.2 Å². The first kappa shape index (κ1) is 14.2. The third kappa shape index (κ3) is 3.03. The summed E-state index contributed by atoms with van der Waals surface area (Å²) in [5.41, 5.74) is 0. The highest BCUT2D eigenvalue weighted by molar-refractivity contribution is 7.15. The van der Waals surface area contributed by atoms with Crippen LogP contribution in [0.15, 0.2) is 0 Å². The summed E-state index contributed by atoms with van der Waals surface area (Å²) in [6.07, 6.45) is 3.50. The summed E-state index contributed by atoms with van der Waals surface area (Å²) in [5.74, 6) is 0. The normalized spacial score (nSPS) is 19.5. The van der Waals surface area contributed by atoms with Crippen molar-refractivity contribution in [2.45, 2.75) is 45.8 Å². The molecule has 0 aliphatic carbocycles. The molecule has 7 heteroatoms. The van der Waals surface area contributed by atoms with Crippen molar-refractivity contribution in [1.29, 1.82) is 0 Å². The lowest BCUT2D eigenvalue weighted by Crippen LogP contribution is -2.34. The molecule has 1 N–H and O–H groups in total. The highest BCUT2D eigenvalue weighted by Gasteiger charge is 2.38. The van der Waals surface area contributed by atoms with Crippen LogP contribution in [0.2, 0.25) is 0 Å². The molecular weight excluding hydrogens is 264 g/mol. The summed E-state index contributed by atoms with van der Waals surface area (Å²) in [7, 11) is 0. The van der Waals surface area contributed by atoms with Crippen molar-refractivity contribution >= 4 is 22.5 Å². The Morgan fingerprint density at radius 2 is 2.16 bits per heavy atom. The fourth-order valence-electron chi connectivity index (χ4n) is 2.08. The molecule has 0 spiro atoms. The van der Waals surface area contributed by atoms with Gasteiger partial charge in [-0.3, -0.25) is 0 Å². The van der Waals surface area contributed by atoms with Crippen LogP contribution in [0, 0.1) is 0 Å². The Kier molecular flexibility index (Phi) is 4.71. The second kappa shape index (κ2) is 6.29. The molecule has 1 aliphatic heterocycles. The van der Waals surface area contributed by atoms with E-state index in [1.165, 1.54) is 29.1 Å². The topological polar surface area (TPSA) is 69.6 Å². The van der Waals surface area contributed by atoms with E-state index in [1.54, 1.807) is 4.90 Å². The number of carbonyl (C=O) groups is 1. The van der Waals surface area contributed by atoms with Gasteiger partial charge in [0.05, 0.1) is 6.54 Å². The van der Waals surface area contributed by atoms with Gasteiger partial charge >= 0.3 is 6.03 Å². The van der Waals surface area contributed by atoms with Crippen LogP contribution in [-0.4, -0.2) is 45.6 Å². The molecule has 1 aromatic rings. The molecule has 1 atom stereocenters. The SMILES string of the molecule is CCCCCc1nnc(N2C(=O)N(CC)CC2O)s1. The van der Waals surface area contributed by atoms with Gasteiger partial charge in [0.1, 0.15) is 5.01 Å². The Hall–Kier alpha value is -1.21. The molecular formula is C12H20N4O2S. The van der Waals surface area contributed by atoms with Gasteiger partial charge in [-0.1, -0.05) is 31.1 Å². The van der Waals surface area contributed by atoms with E-state index in [1.807, 2.05) is 6.92 Å². The minimum absolute atomic E-state index is 0.189. The molecule has 1 saturated heterocycles. The first-order chi connectivity index (χ1) is 9.17. The maximum Gasteiger partial charge on any atom is 0.328 e. The van der Waals surface area contributed by atoms with Crippen LogP contribution in [0.4, 0.5) is 9.93 Å². The van der Waals surface area contributed by atoms with Gasteiger partial charge in [-0.2, -0.15) is 0 Å². The lowest BCUT2D eigenvalue weighted by atomic mass is 10.2. The first-order valence-electron chi connectivity index (χ1n) is 6.76. The molecule has 0 saturated carbocycles. The lowest BCUT2D eigenvalue weighted by molar-refractivity contribution is 0.178. The Bertz CT molecular complexity index is 437. The van der Waals surface area contributed by atoms with Crippen molar-refractivity contribution in [3.8, 4) is 0 Å². The Balaban J connectivity index is 2.03. The lowest BCUT2D eigenvalue weighted by Gasteiger charge is -2.15. The summed E-state index contributed by atoms with van der Waals surface area (Å²) < 4.78 is 0. The molecule has 1 fully saturated rings. The van der Waals surface area contributed by atoms with Gasteiger partial charge in [-0.25, -0.2) is 9.69 Å². The quantitative estimate of drug-likeness (QED) is 0.809. The smallest absolute Gasteiger partial charge is 0.328 e. The number of aromatic nitrogens is 2. The number of anilines is 1. The van der Waals surface area contributed by atoms with Crippen LogP contribution >= 0.6 is 11.3 Å². The van der Waals surface area contributed by atoms with Crippen molar-refractivity contribution in [1.82, 2.24) is 15.1 Å². The van der Waals surface area contributed by atoms with E-state index in [2.05, 4.69) is 17.1 Å². The molecule has 1 aliphatic rings. The summed E-state index contributed by atoms with van der Waals surface area (Å²) in [6, 6.07) is -0.189. The standard InChI is InChI=1S/C12H20N4O2S/c1-3-5-6-7-9-13-14-11(19-9)16-10(17)8-15(4-2)12(16)18/h10,17H,3-8H2,1-2H3. The zero-order chi connectivity index (χ0) is 13.8. The fourth-order valence-corrected chi connectivity index (χ4v) is 3.00. The zero-order valence-corrected chi connectivity index (χ0v) is 12.2. The van der Waals surface area contributed by atoms with Crippen LogP contribution in [-0.2, 0) is 6.42 Å². The number of aliphatic hydroxyl groups is 1. The number of carbonyl (C=O) groups excluding carboxylic acids is 1. The number of aliphatic hydroxyl groups excluding tert-OH is 1. The first-order valence-corrected chi connectivity index (χ1v) is 7.57. The monoisotopic (exact) mass is 284 g/mol. The van der Waals surface area contributed by atoms with Gasteiger partial charge in [0.15, 0.2) is 6.23 Å². The molecule has 1 aromatic heterocycles. The Labute approximate surface area is 117 Å². The summed E-state index contributed by atoms with van der Waals surface area (Å²) >= 11 is 1.40. The number of urea groups is 1. The second-order valence-corrected chi connectivity index (χ2v) is 5.65. The molecule has 2 heterocycles. The van der Waals surface area contributed by atoms with Crippen molar-refractivity contribution in [2.75, 3.05) is 18.0 Å². The van der Waals surface area contributed by atoms with Crippen LogP contribution in [0.1, 0.15) is 38.1 Å². The largest absolute Gasteiger partial charge is 0.371 e. The number of nitrogens with zero attached hydrogens (tertiary/aromatic N) is 4. The van der Waals surface area contributed by atoms with Crippen molar-refractivity contribution in [3.63, 3.8) is 0 Å². The Morgan fingerprint density at radius 3 is 2.79 bits per heavy atom. The number of unbranched alkanes of at least 4 members (excludes halogenated alkanes) is 2. The zero-order valence-electron chi connectivity index (χ0n) is 11.4. The van der Waals surface area contributed by atoms with Gasteiger partial charge < -0.3 is 10.0 Å². The van der Waals surface area contributed by atoms with Crippen LogP contribution < -0.4 is 4.90 Å². The number of hydrogen-bond acceptors (Lipinski definition) is 5. The Morgan fingerprint density at radius 1 is 1.37 bits per heavy atom. The second-order valence-electron chi connectivity index (χ2n) is 4.61. The maximum atomic E-state index is 12.0. The van der Waals surface area contributed by atoms with E-state index in [0.29, 0.717) is 18.2 Å². The third-order valence-corrected chi connectivity index (χ3v) is 4.18. The highest BCUT2D eigenvalue weighted by Crippen LogP contribution is 2.27. The van der Waals surface area contributed by atoms with Crippen molar-refractivity contribution in [2.24, 2.45) is 0 Å². The number of rotatable bonds is 6. The van der Waals surface area contributed by atoms with E-state index in [-0.39, 0.29) is 6.03 Å². The minimum Gasteiger partial charge on any atom is -0.371 e. The fraction of sp³-hybridized carbons (Fsp3) is 0.750. The highest BCUT2D eigenvalue weighted by atomic mass is 32.1. The van der Waals surface area contributed by atoms with Crippen molar-refractivity contribution in [3.05, 3.63) is 5.01 Å². The molecule has 0 aromatic carbocycles. The van der Waals surface area contributed by atoms with E-state index >= 15 is 0 Å². The van der Waals surface area contributed by atoms with Gasteiger partial charge in [0.25, 0.3) is 0 Å².